The number of ether oxygens (including phenoxy) is 2. The summed E-state index contributed by atoms with van der Waals surface area (Å²) in [4.78, 5) is 16.6. The summed E-state index contributed by atoms with van der Waals surface area (Å²) < 4.78 is 12.2. The van der Waals surface area contributed by atoms with Crippen LogP contribution in [0.4, 0.5) is 0 Å². The van der Waals surface area contributed by atoms with Gasteiger partial charge in [-0.3, -0.25) is 4.79 Å². The summed E-state index contributed by atoms with van der Waals surface area (Å²) in [5.74, 6) is 0.244. The minimum Gasteiger partial charge on any atom is -0.475 e. The van der Waals surface area contributed by atoms with Crippen LogP contribution in [0.3, 0.4) is 0 Å². The number of hydrogen-bond acceptors (Lipinski definition) is 5. The molecule has 1 aromatic carbocycles. The largest absolute Gasteiger partial charge is 0.475 e. The van der Waals surface area contributed by atoms with Crippen molar-refractivity contribution in [1.82, 2.24) is 20.1 Å². The van der Waals surface area contributed by atoms with Gasteiger partial charge in [-0.15, -0.1) is 0 Å². The molecule has 0 radical (unpaired) electrons. The van der Waals surface area contributed by atoms with Crippen LogP contribution in [0.1, 0.15) is 15.9 Å². The molecular formula is C19H19ClN4O3. The number of hydrogen-bond donors (Lipinski definition) is 1. The lowest BCUT2D eigenvalue weighted by atomic mass is 10.2. The molecule has 0 spiro atoms. The molecule has 0 unspecified atom stereocenters. The highest BCUT2D eigenvalue weighted by atomic mass is 35.5. The van der Waals surface area contributed by atoms with Gasteiger partial charge in [0.2, 0.25) is 5.88 Å². The number of methoxy groups -OCH3 is 1. The van der Waals surface area contributed by atoms with Crippen molar-refractivity contribution in [1.29, 1.82) is 0 Å². The van der Waals surface area contributed by atoms with E-state index in [1.54, 1.807) is 42.4 Å². The van der Waals surface area contributed by atoms with E-state index < -0.39 is 0 Å². The predicted molar refractivity (Wildman–Crippen MR) is 101 cm³/mol. The molecule has 27 heavy (non-hydrogen) atoms. The average Bonchev–Trinajstić information content (AvgIpc) is 3.18. The van der Waals surface area contributed by atoms with Crippen molar-refractivity contribution in [2.45, 2.75) is 6.54 Å². The number of amides is 1. The third-order valence-corrected chi connectivity index (χ3v) is 4.00. The van der Waals surface area contributed by atoms with Crippen LogP contribution in [-0.2, 0) is 11.3 Å². The molecule has 3 rings (SSSR count). The zero-order valence-electron chi connectivity index (χ0n) is 14.8. The Kier molecular flexibility index (Phi) is 6.40. The molecular weight excluding hydrogens is 368 g/mol. The Bertz CT molecular complexity index is 896. The smallest absolute Gasteiger partial charge is 0.254 e. The summed E-state index contributed by atoms with van der Waals surface area (Å²) in [6.07, 6.45) is 4.82. The number of carbonyl (C=O) groups excluding carboxylic acids is 1. The number of nitrogens with zero attached hydrogens (tertiary/aromatic N) is 3. The summed E-state index contributed by atoms with van der Waals surface area (Å²) >= 11 is 5.89. The highest BCUT2D eigenvalue weighted by Gasteiger charge is 2.11. The monoisotopic (exact) mass is 386 g/mol. The van der Waals surface area contributed by atoms with Crippen LogP contribution < -0.4 is 10.1 Å². The maximum atomic E-state index is 12.4. The van der Waals surface area contributed by atoms with Gasteiger partial charge in [-0.05, 0) is 30.3 Å². The molecule has 0 aliphatic rings. The molecule has 0 bridgehead atoms. The van der Waals surface area contributed by atoms with Crippen molar-refractivity contribution < 1.29 is 14.3 Å². The first-order chi connectivity index (χ1) is 13.2. The number of halogens is 1. The molecule has 7 nitrogen and oxygen atoms in total. The number of rotatable bonds is 8. The van der Waals surface area contributed by atoms with E-state index in [2.05, 4.69) is 15.4 Å². The quantitative estimate of drug-likeness (QED) is 0.602. The molecule has 0 fully saturated rings. The SMILES string of the molecule is COCCOc1ncccc1CNC(=O)c1cnn(-c2ccc(Cl)cc2)c1. The zero-order chi connectivity index (χ0) is 19.1. The molecule has 140 valence electrons. The molecule has 1 N–H and O–H groups in total. The van der Waals surface area contributed by atoms with Gasteiger partial charge in [0.05, 0.1) is 24.1 Å². The maximum Gasteiger partial charge on any atom is 0.254 e. The molecule has 1 amide bonds. The molecule has 0 saturated carbocycles. The van der Waals surface area contributed by atoms with E-state index in [0.29, 0.717) is 36.2 Å². The van der Waals surface area contributed by atoms with Gasteiger partial charge in [0, 0.05) is 36.6 Å². The van der Waals surface area contributed by atoms with Crippen LogP contribution in [-0.4, -0.2) is 41.0 Å². The highest BCUT2D eigenvalue weighted by molar-refractivity contribution is 6.30. The molecule has 0 saturated heterocycles. The summed E-state index contributed by atoms with van der Waals surface area (Å²) in [6.45, 7) is 1.15. The first-order valence-electron chi connectivity index (χ1n) is 8.32. The van der Waals surface area contributed by atoms with Crippen molar-refractivity contribution in [2.75, 3.05) is 20.3 Å². The molecule has 2 heterocycles. The van der Waals surface area contributed by atoms with Crippen LogP contribution in [0.5, 0.6) is 5.88 Å². The first-order valence-corrected chi connectivity index (χ1v) is 8.69. The second kappa shape index (κ2) is 9.16. The Morgan fingerprint density at radius 3 is 2.81 bits per heavy atom. The van der Waals surface area contributed by atoms with E-state index in [1.165, 1.54) is 6.20 Å². The van der Waals surface area contributed by atoms with Gasteiger partial charge < -0.3 is 14.8 Å². The topological polar surface area (TPSA) is 78.3 Å². The number of carbonyl (C=O) groups is 1. The van der Waals surface area contributed by atoms with Gasteiger partial charge in [0.1, 0.15) is 6.61 Å². The Hall–Kier alpha value is -2.90. The Labute approximate surface area is 161 Å². The van der Waals surface area contributed by atoms with E-state index in [1.807, 2.05) is 18.2 Å². The lowest BCUT2D eigenvalue weighted by Gasteiger charge is -2.10. The van der Waals surface area contributed by atoms with Crippen molar-refractivity contribution in [2.24, 2.45) is 0 Å². The standard InChI is InChI=1S/C19H19ClN4O3/c1-26-9-10-27-19-14(3-2-8-21-19)11-22-18(25)15-12-23-24(13-15)17-6-4-16(20)5-7-17/h2-8,12-13H,9-11H2,1H3,(H,22,25). The van der Waals surface area contributed by atoms with Crippen LogP contribution in [0, 0.1) is 0 Å². The average molecular weight is 387 g/mol. The minimum absolute atomic E-state index is 0.234. The van der Waals surface area contributed by atoms with Gasteiger partial charge in [0.25, 0.3) is 5.91 Å². The van der Waals surface area contributed by atoms with E-state index in [-0.39, 0.29) is 5.91 Å². The first kappa shape index (κ1) is 18.9. The van der Waals surface area contributed by atoms with Crippen LogP contribution >= 0.6 is 11.6 Å². The summed E-state index contributed by atoms with van der Waals surface area (Å²) in [6, 6.07) is 10.8. The second-order valence-electron chi connectivity index (χ2n) is 5.64. The molecule has 2 aromatic heterocycles. The lowest BCUT2D eigenvalue weighted by molar-refractivity contribution is 0.0950. The Balaban J connectivity index is 1.62. The lowest BCUT2D eigenvalue weighted by Crippen LogP contribution is -2.23. The molecule has 0 atom stereocenters. The fourth-order valence-electron chi connectivity index (χ4n) is 2.36. The van der Waals surface area contributed by atoms with E-state index in [0.717, 1.165) is 11.3 Å². The van der Waals surface area contributed by atoms with Crippen molar-refractivity contribution in [3.05, 3.63) is 71.1 Å². The Morgan fingerprint density at radius 1 is 1.22 bits per heavy atom. The van der Waals surface area contributed by atoms with Gasteiger partial charge in [-0.1, -0.05) is 17.7 Å². The maximum absolute atomic E-state index is 12.4. The van der Waals surface area contributed by atoms with E-state index in [4.69, 9.17) is 21.1 Å². The van der Waals surface area contributed by atoms with Crippen molar-refractivity contribution in [3.63, 3.8) is 0 Å². The van der Waals surface area contributed by atoms with E-state index >= 15 is 0 Å². The van der Waals surface area contributed by atoms with Crippen LogP contribution in [0.15, 0.2) is 55.0 Å². The molecule has 0 aliphatic heterocycles. The van der Waals surface area contributed by atoms with Crippen molar-refractivity contribution in [3.8, 4) is 11.6 Å². The van der Waals surface area contributed by atoms with Gasteiger partial charge in [-0.25, -0.2) is 9.67 Å². The molecule has 3 aromatic rings. The number of pyridine rings is 1. The van der Waals surface area contributed by atoms with Gasteiger partial charge in [-0.2, -0.15) is 5.10 Å². The summed E-state index contributed by atoms with van der Waals surface area (Å²) in [7, 11) is 1.60. The number of benzene rings is 1. The van der Waals surface area contributed by atoms with Crippen molar-refractivity contribution >= 4 is 17.5 Å². The van der Waals surface area contributed by atoms with Crippen LogP contribution in [0.25, 0.3) is 5.69 Å². The number of nitrogens with one attached hydrogen (secondary N) is 1. The fraction of sp³-hybridized carbons (Fsp3) is 0.211. The highest BCUT2D eigenvalue weighted by Crippen LogP contribution is 2.15. The second-order valence-corrected chi connectivity index (χ2v) is 6.08. The Morgan fingerprint density at radius 2 is 2.04 bits per heavy atom. The van der Waals surface area contributed by atoms with Gasteiger partial charge >= 0.3 is 0 Å². The molecule has 0 aliphatic carbocycles. The van der Waals surface area contributed by atoms with Gasteiger partial charge in [0.15, 0.2) is 0 Å². The summed E-state index contributed by atoms with van der Waals surface area (Å²) in [5, 5.41) is 7.72. The number of aromatic nitrogens is 3. The predicted octanol–water partition coefficient (Wildman–Crippen LogP) is 2.88. The minimum atomic E-state index is -0.234. The third-order valence-electron chi connectivity index (χ3n) is 3.75. The third kappa shape index (κ3) is 5.06. The molecule has 8 heteroatoms. The van der Waals surface area contributed by atoms with Crippen LogP contribution in [0.2, 0.25) is 5.02 Å². The van der Waals surface area contributed by atoms with E-state index in [9.17, 15) is 4.79 Å². The normalized spacial score (nSPS) is 10.6. The fourth-order valence-corrected chi connectivity index (χ4v) is 2.49. The zero-order valence-corrected chi connectivity index (χ0v) is 15.5. The summed E-state index contributed by atoms with van der Waals surface area (Å²) in [5.41, 5.74) is 2.06.